The molecule has 3 nitrogen and oxygen atoms in total. The molecule has 0 saturated heterocycles. The molecule has 1 heterocycles. The average Bonchev–Trinajstić information content (AvgIpc) is 2.66. The van der Waals surface area contributed by atoms with Gasteiger partial charge in [-0.05, 0) is 45.8 Å². The first-order chi connectivity index (χ1) is 8.47. The highest BCUT2D eigenvalue weighted by Crippen LogP contribution is 2.24. The first kappa shape index (κ1) is 13.5. The van der Waals surface area contributed by atoms with Gasteiger partial charge < -0.3 is 9.67 Å². The molecule has 0 aliphatic carbocycles. The van der Waals surface area contributed by atoms with Gasteiger partial charge in [0.15, 0.2) is 0 Å². The molecule has 1 aromatic heterocycles. The van der Waals surface area contributed by atoms with Crippen molar-refractivity contribution < 1.29 is 9.90 Å². The number of carboxylic acid groups (broad SMARTS) is 1. The third-order valence-electron chi connectivity index (χ3n) is 2.44. The maximum atomic E-state index is 10.9. The highest BCUT2D eigenvalue weighted by atomic mass is 79.9. The Morgan fingerprint density at radius 3 is 2.67 bits per heavy atom. The Labute approximate surface area is 122 Å². The average molecular weight is 349 g/mol. The van der Waals surface area contributed by atoms with Gasteiger partial charge in [0.25, 0.3) is 0 Å². The fraction of sp³-hybridized carbons (Fsp3) is 0.0833. The summed E-state index contributed by atoms with van der Waals surface area (Å²) in [4.78, 5) is 10.9. The van der Waals surface area contributed by atoms with Gasteiger partial charge in [-0.1, -0.05) is 23.2 Å². The lowest BCUT2D eigenvalue weighted by Gasteiger charge is -2.07. The van der Waals surface area contributed by atoms with Gasteiger partial charge in [-0.15, -0.1) is 0 Å². The van der Waals surface area contributed by atoms with Crippen molar-refractivity contribution in [3.05, 3.63) is 56.2 Å². The van der Waals surface area contributed by atoms with E-state index in [2.05, 4.69) is 15.9 Å². The van der Waals surface area contributed by atoms with Crippen molar-refractivity contribution in [3.8, 4) is 0 Å². The van der Waals surface area contributed by atoms with Gasteiger partial charge >= 0.3 is 5.97 Å². The molecular weight excluding hydrogens is 341 g/mol. The third kappa shape index (κ3) is 2.88. The van der Waals surface area contributed by atoms with E-state index in [0.717, 1.165) is 5.56 Å². The first-order valence-electron chi connectivity index (χ1n) is 5.00. The number of carboxylic acids is 1. The van der Waals surface area contributed by atoms with Crippen LogP contribution < -0.4 is 0 Å². The third-order valence-corrected chi connectivity index (χ3v) is 3.73. The zero-order chi connectivity index (χ0) is 13.3. The molecule has 0 radical (unpaired) electrons. The summed E-state index contributed by atoms with van der Waals surface area (Å²) in [5.74, 6) is -0.966. The van der Waals surface area contributed by atoms with E-state index in [0.29, 0.717) is 21.2 Å². The lowest BCUT2D eigenvalue weighted by Crippen LogP contribution is -2.00. The number of aromatic nitrogens is 1. The lowest BCUT2D eigenvalue weighted by molar-refractivity contribution is 0.0697. The van der Waals surface area contributed by atoms with E-state index >= 15 is 0 Å². The minimum atomic E-state index is -0.966. The van der Waals surface area contributed by atoms with E-state index in [1.54, 1.807) is 35.0 Å². The van der Waals surface area contributed by atoms with Gasteiger partial charge in [-0.2, -0.15) is 0 Å². The topological polar surface area (TPSA) is 42.2 Å². The first-order valence-corrected chi connectivity index (χ1v) is 6.55. The summed E-state index contributed by atoms with van der Waals surface area (Å²) in [6.45, 7) is 0.452. The predicted octanol–water partition coefficient (Wildman–Crippen LogP) is 4.30. The summed E-state index contributed by atoms with van der Waals surface area (Å²) in [6.07, 6.45) is 1.55. The number of hydrogen-bond acceptors (Lipinski definition) is 1. The van der Waals surface area contributed by atoms with E-state index in [4.69, 9.17) is 28.3 Å². The van der Waals surface area contributed by atoms with Crippen molar-refractivity contribution in [2.24, 2.45) is 0 Å². The van der Waals surface area contributed by atoms with Crippen LogP contribution in [0.2, 0.25) is 10.0 Å². The van der Waals surface area contributed by atoms with Gasteiger partial charge in [0.2, 0.25) is 0 Å². The summed E-state index contributed by atoms with van der Waals surface area (Å²) >= 11 is 15.3. The Hall–Kier alpha value is -0.970. The van der Waals surface area contributed by atoms with Crippen LogP contribution in [0.5, 0.6) is 0 Å². The fourth-order valence-electron chi connectivity index (χ4n) is 1.56. The minimum Gasteiger partial charge on any atom is -0.478 e. The maximum Gasteiger partial charge on any atom is 0.337 e. The highest BCUT2D eigenvalue weighted by Gasteiger charge is 2.11. The summed E-state index contributed by atoms with van der Waals surface area (Å²) in [6, 6.07) is 6.73. The van der Waals surface area contributed by atoms with Gasteiger partial charge in [0, 0.05) is 22.8 Å². The molecule has 1 N–H and O–H groups in total. The number of carbonyl (C=O) groups is 1. The second-order valence-electron chi connectivity index (χ2n) is 3.72. The molecule has 1 aromatic carbocycles. The Bertz CT molecular complexity index is 610. The molecule has 0 spiro atoms. The monoisotopic (exact) mass is 347 g/mol. The summed E-state index contributed by atoms with van der Waals surface area (Å²) in [5, 5.41) is 10.1. The molecule has 0 unspecified atom stereocenters. The molecule has 0 saturated carbocycles. The fourth-order valence-corrected chi connectivity index (χ4v) is 2.41. The van der Waals surface area contributed by atoms with E-state index in [-0.39, 0.29) is 5.56 Å². The Balaban J connectivity index is 2.34. The standard InChI is InChI=1S/C12H8BrCl2NO2/c13-11-4-8(12(17)18)6-16(11)5-7-3-9(14)1-2-10(7)15/h1-4,6H,5H2,(H,17,18). The quantitative estimate of drug-likeness (QED) is 0.898. The molecule has 2 rings (SSSR count). The van der Waals surface area contributed by atoms with E-state index in [1.807, 2.05) is 0 Å². The number of benzene rings is 1. The van der Waals surface area contributed by atoms with Gasteiger partial charge in [0.05, 0.1) is 10.2 Å². The molecule has 0 aliphatic rings. The Morgan fingerprint density at radius 2 is 2.06 bits per heavy atom. The number of nitrogens with zero attached hydrogens (tertiary/aromatic N) is 1. The van der Waals surface area contributed by atoms with Crippen LogP contribution in [0.1, 0.15) is 15.9 Å². The van der Waals surface area contributed by atoms with E-state index < -0.39 is 5.97 Å². The summed E-state index contributed by atoms with van der Waals surface area (Å²) in [7, 11) is 0. The smallest absolute Gasteiger partial charge is 0.337 e. The molecule has 0 aliphatic heterocycles. The summed E-state index contributed by atoms with van der Waals surface area (Å²) < 4.78 is 2.43. The maximum absolute atomic E-state index is 10.9. The van der Waals surface area contributed by atoms with Crippen LogP contribution in [-0.2, 0) is 6.54 Å². The van der Waals surface area contributed by atoms with Crippen molar-refractivity contribution in [2.75, 3.05) is 0 Å². The van der Waals surface area contributed by atoms with Crippen LogP contribution in [0, 0.1) is 0 Å². The molecule has 18 heavy (non-hydrogen) atoms. The second kappa shape index (κ2) is 5.34. The van der Waals surface area contributed by atoms with E-state index in [1.165, 1.54) is 0 Å². The minimum absolute atomic E-state index is 0.222. The van der Waals surface area contributed by atoms with E-state index in [9.17, 15) is 4.79 Å². The SMILES string of the molecule is O=C(O)c1cc(Br)n(Cc2cc(Cl)ccc2Cl)c1. The van der Waals surface area contributed by atoms with Crippen molar-refractivity contribution >= 4 is 45.1 Å². The number of halogens is 3. The zero-order valence-electron chi connectivity index (χ0n) is 9.03. The van der Waals surface area contributed by atoms with Crippen LogP contribution in [0.25, 0.3) is 0 Å². The molecular formula is C12H8BrCl2NO2. The van der Waals surface area contributed by atoms with Crippen molar-refractivity contribution in [1.29, 1.82) is 0 Å². The van der Waals surface area contributed by atoms with Crippen LogP contribution in [0.4, 0.5) is 0 Å². The lowest BCUT2D eigenvalue weighted by atomic mass is 10.2. The van der Waals surface area contributed by atoms with Crippen LogP contribution in [0.3, 0.4) is 0 Å². The van der Waals surface area contributed by atoms with Crippen LogP contribution in [-0.4, -0.2) is 15.6 Å². The van der Waals surface area contributed by atoms with Gasteiger partial charge in [-0.25, -0.2) is 4.79 Å². The zero-order valence-corrected chi connectivity index (χ0v) is 12.1. The molecule has 6 heteroatoms. The largest absolute Gasteiger partial charge is 0.478 e. The molecule has 0 atom stereocenters. The summed E-state index contributed by atoms with van der Waals surface area (Å²) in [5.41, 5.74) is 1.05. The second-order valence-corrected chi connectivity index (χ2v) is 5.38. The van der Waals surface area contributed by atoms with Crippen molar-refractivity contribution in [2.45, 2.75) is 6.54 Å². The predicted molar refractivity (Wildman–Crippen MR) is 74.7 cm³/mol. The normalized spacial score (nSPS) is 10.6. The Kier molecular flexibility index (Phi) is 4.00. The molecule has 0 fully saturated rings. The molecule has 2 aromatic rings. The number of aromatic carboxylic acids is 1. The van der Waals surface area contributed by atoms with Crippen molar-refractivity contribution in [1.82, 2.24) is 4.57 Å². The van der Waals surface area contributed by atoms with Crippen LogP contribution in [0.15, 0.2) is 35.1 Å². The number of rotatable bonds is 3. The van der Waals surface area contributed by atoms with Gasteiger partial charge in [0.1, 0.15) is 0 Å². The van der Waals surface area contributed by atoms with Crippen LogP contribution >= 0.6 is 39.1 Å². The Morgan fingerprint density at radius 1 is 1.33 bits per heavy atom. The van der Waals surface area contributed by atoms with Crippen molar-refractivity contribution in [3.63, 3.8) is 0 Å². The highest BCUT2D eigenvalue weighted by molar-refractivity contribution is 9.10. The van der Waals surface area contributed by atoms with Gasteiger partial charge in [-0.3, -0.25) is 0 Å². The molecule has 0 amide bonds. The molecule has 0 bridgehead atoms. The number of hydrogen-bond donors (Lipinski definition) is 1. The molecule has 94 valence electrons.